The molecule has 3 unspecified atom stereocenters. The molecule has 2 heterocycles. The topological polar surface area (TPSA) is 48.9 Å². The largest absolute Gasteiger partial charge is 0.377 e. The van der Waals surface area contributed by atoms with Crippen molar-refractivity contribution in [1.29, 1.82) is 0 Å². The molecule has 0 aliphatic heterocycles. The van der Waals surface area contributed by atoms with Gasteiger partial charge >= 0.3 is 0 Å². The maximum absolute atomic E-state index is 11.3. The van der Waals surface area contributed by atoms with Crippen LogP contribution >= 0.6 is 0 Å². The zero-order valence-electron chi connectivity index (χ0n) is 19.6. The molecule has 6 atom stereocenters. The number of para-hydroxylation sites is 1. The molecule has 0 amide bonds. The number of nitrogens with one attached hydrogen (secondary N) is 1. The van der Waals surface area contributed by atoms with E-state index in [-0.39, 0.29) is 10.8 Å². The summed E-state index contributed by atoms with van der Waals surface area (Å²) in [7, 11) is 0. The Morgan fingerprint density at radius 1 is 1.09 bits per heavy atom. The molecular weight excluding hydrogens is 404 g/mol. The van der Waals surface area contributed by atoms with Crippen LogP contribution in [0.4, 0.5) is 0 Å². The molecule has 3 fully saturated rings. The minimum absolute atomic E-state index is 0.134. The van der Waals surface area contributed by atoms with E-state index in [1.807, 2.05) is 0 Å². The number of hydrogen-bond acceptors (Lipinski definition) is 2. The fourth-order valence-electron chi connectivity index (χ4n) is 8.71. The van der Waals surface area contributed by atoms with Gasteiger partial charge in [0.15, 0.2) is 0 Å². The van der Waals surface area contributed by atoms with Crippen molar-refractivity contribution < 1.29 is 5.11 Å². The third-order valence-electron chi connectivity index (χ3n) is 10.6. The molecule has 0 saturated heterocycles. The highest BCUT2D eigenvalue weighted by Crippen LogP contribution is 2.67. The second-order valence-corrected chi connectivity index (χ2v) is 11.8. The van der Waals surface area contributed by atoms with Gasteiger partial charge in [0.2, 0.25) is 0 Å². The van der Waals surface area contributed by atoms with Crippen molar-refractivity contribution in [2.75, 3.05) is 0 Å². The molecule has 3 saturated carbocycles. The van der Waals surface area contributed by atoms with E-state index in [1.165, 1.54) is 22.8 Å². The number of nitrogens with zero attached hydrogens (tertiary/aromatic N) is 1. The second-order valence-electron chi connectivity index (χ2n) is 11.8. The highest BCUT2D eigenvalue weighted by molar-refractivity contribution is 6.06. The monoisotopic (exact) mass is 436 g/mol. The number of aliphatic hydroxyl groups is 1. The van der Waals surface area contributed by atoms with Crippen LogP contribution in [0.25, 0.3) is 28.0 Å². The molecule has 0 bridgehead atoms. The molecule has 3 nitrogen and oxygen atoms in total. The molecule has 33 heavy (non-hydrogen) atoms. The van der Waals surface area contributed by atoms with Crippen LogP contribution in [0.15, 0.2) is 35.9 Å². The molecule has 0 radical (unpaired) electrons. The fourth-order valence-corrected chi connectivity index (χ4v) is 8.71. The highest BCUT2D eigenvalue weighted by atomic mass is 16.3. The second kappa shape index (κ2) is 6.30. The lowest BCUT2D eigenvalue weighted by Gasteiger charge is -2.58. The van der Waals surface area contributed by atoms with Crippen LogP contribution < -0.4 is 0 Å². The minimum atomic E-state index is -0.927. The first-order valence-corrected chi connectivity index (χ1v) is 12.7. The van der Waals surface area contributed by atoms with Gasteiger partial charge in [-0.1, -0.05) is 43.5 Å². The molecule has 3 aromatic rings. The third kappa shape index (κ3) is 2.38. The van der Waals surface area contributed by atoms with Gasteiger partial charge in [0.05, 0.1) is 5.69 Å². The van der Waals surface area contributed by atoms with E-state index in [0.29, 0.717) is 17.8 Å². The third-order valence-corrected chi connectivity index (χ3v) is 10.6. The number of allylic oxidation sites excluding steroid dienone is 1. The van der Waals surface area contributed by atoms with Gasteiger partial charge in [-0.2, -0.15) is 0 Å². The number of aromatic amines is 1. The van der Waals surface area contributed by atoms with E-state index in [0.717, 1.165) is 55.4 Å². The number of H-pyrrole nitrogens is 1. The van der Waals surface area contributed by atoms with E-state index >= 15 is 0 Å². The zero-order chi connectivity index (χ0) is 22.6. The number of benzene rings is 1. The number of rotatable bonds is 0. The van der Waals surface area contributed by atoms with Crippen molar-refractivity contribution in [3.05, 3.63) is 47.2 Å². The van der Waals surface area contributed by atoms with Gasteiger partial charge in [0.25, 0.3) is 0 Å². The average molecular weight is 437 g/mol. The predicted octanol–water partition coefficient (Wildman–Crippen LogP) is 6.26. The summed E-state index contributed by atoms with van der Waals surface area (Å²) in [6, 6.07) is 10.9. The number of pyridine rings is 1. The molecule has 2 N–H and O–H groups in total. The average Bonchev–Trinajstić information content (AvgIpc) is 3.30. The maximum atomic E-state index is 11.3. The molecule has 0 spiro atoms. The molecule has 7 rings (SSSR count). The van der Waals surface area contributed by atoms with Crippen LogP contribution in [0, 0.1) is 40.9 Å². The number of terminal acetylenes is 1. The molecule has 3 heteroatoms. The van der Waals surface area contributed by atoms with Crippen LogP contribution in [0.5, 0.6) is 0 Å². The lowest BCUT2D eigenvalue weighted by molar-refractivity contribution is -0.0974. The Hall–Kier alpha value is -2.57. The Balaban J connectivity index is 1.31. The Kier molecular flexibility index (Phi) is 3.79. The van der Waals surface area contributed by atoms with Crippen molar-refractivity contribution in [2.45, 2.75) is 64.4 Å². The molecule has 1 aromatic carbocycles. The SMILES string of the molecule is C#C[C@]1(O)CCC2C3CCC4=Cc5nc6[nH]c7ccccc7c6cc5C[C@]4(C)C3CC[C@@]21C. The summed E-state index contributed by atoms with van der Waals surface area (Å²) in [5.74, 6) is 4.66. The summed E-state index contributed by atoms with van der Waals surface area (Å²) in [6.07, 6.45) is 15.8. The molecule has 168 valence electrons. The summed E-state index contributed by atoms with van der Waals surface area (Å²) in [5, 5.41) is 13.8. The minimum Gasteiger partial charge on any atom is -0.377 e. The van der Waals surface area contributed by atoms with Gasteiger partial charge in [-0.25, -0.2) is 4.98 Å². The van der Waals surface area contributed by atoms with Crippen molar-refractivity contribution >= 4 is 28.0 Å². The van der Waals surface area contributed by atoms with Crippen LogP contribution in [0.1, 0.15) is 63.6 Å². The van der Waals surface area contributed by atoms with E-state index in [4.69, 9.17) is 11.4 Å². The summed E-state index contributed by atoms with van der Waals surface area (Å²) in [6.45, 7) is 4.80. The zero-order valence-corrected chi connectivity index (χ0v) is 19.6. The van der Waals surface area contributed by atoms with Gasteiger partial charge in [-0.05, 0) is 91.9 Å². The van der Waals surface area contributed by atoms with E-state index in [9.17, 15) is 5.11 Å². The normalized spacial score (nSPS) is 39.3. The quantitative estimate of drug-likeness (QED) is 0.409. The van der Waals surface area contributed by atoms with Crippen LogP contribution in [-0.4, -0.2) is 20.7 Å². The highest BCUT2D eigenvalue weighted by Gasteiger charge is 2.63. The van der Waals surface area contributed by atoms with Crippen LogP contribution in [-0.2, 0) is 6.42 Å². The molecule has 4 aliphatic rings. The van der Waals surface area contributed by atoms with Crippen molar-refractivity contribution in [3.63, 3.8) is 0 Å². The molecule has 2 aromatic heterocycles. The summed E-state index contributed by atoms with van der Waals surface area (Å²) >= 11 is 0. The molecule has 4 aliphatic carbocycles. The van der Waals surface area contributed by atoms with E-state index in [1.54, 1.807) is 5.57 Å². The summed E-state index contributed by atoms with van der Waals surface area (Å²) < 4.78 is 0. The van der Waals surface area contributed by atoms with E-state index in [2.05, 4.69) is 61.2 Å². The Labute approximate surface area is 195 Å². The van der Waals surface area contributed by atoms with Gasteiger partial charge in [0, 0.05) is 21.7 Å². The summed E-state index contributed by atoms with van der Waals surface area (Å²) in [4.78, 5) is 8.60. The van der Waals surface area contributed by atoms with Gasteiger partial charge in [0.1, 0.15) is 11.2 Å². The fraction of sp³-hybridized carbons (Fsp3) is 0.500. The smallest absolute Gasteiger partial charge is 0.139 e. The first-order chi connectivity index (χ1) is 15.9. The maximum Gasteiger partial charge on any atom is 0.139 e. The van der Waals surface area contributed by atoms with Crippen molar-refractivity contribution in [2.24, 2.45) is 28.6 Å². The van der Waals surface area contributed by atoms with Gasteiger partial charge in [-0.3, -0.25) is 0 Å². The lowest BCUT2D eigenvalue weighted by Crippen LogP contribution is -2.54. The first kappa shape index (κ1) is 19.9. The van der Waals surface area contributed by atoms with Gasteiger partial charge < -0.3 is 10.1 Å². The Bertz CT molecular complexity index is 1390. The number of aromatic nitrogens is 2. The Morgan fingerprint density at radius 2 is 1.91 bits per heavy atom. The lowest BCUT2D eigenvalue weighted by atomic mass is 9.46. The predicted molar refractivity (Wildman–Crippen MR) is 133 cm³/mol. The van der Waals surface area contributed by atoms with Crippen LogP contribution in [0.2, 0.25) is 0 Å². The standard InChI is InChI=1S/C30H32N2O/c1-4-30(33)14-12-24-21-10-9-19-16-26-18(17-28(19,2)23(21)11-13-29(24,30)3)15-22-20-7-5-6-8-25(20)31-27(22)32-26/h1,5-8,15-16,21,23-24,33H,9-14,17H2,2-3H3,(H,31,32)/t21?,23?,24?,28-,29-,30-/m0/s1. The van der Waals surface area contributed by atoms with Gasteiger partial charge in [-0.15, -0.1) is 6.42 Å². The van der Waals surface area contributed by atoms with E-state index < -0.39 is 5.60 Å². The number of fused-ring (bicyclic) bond motifs is 9. The van der Waals surface area contributed by atoms with Crippen molar-refractivity contribution in [3.8, 4) is 12.3 Å². The van der Waals surface area contributed by atoms with Crippen LogP contribution in [0.3, 0.4) is 0 Å². The first-order valence-electron chi connectivity index (χ1n) is 12.7. The molecular formula is C30H32N2O. The summed E-state index contributed by atoms with van der Waals surface area (Å²) in [5.41, 5.74) is 5.41. The number of hydrogen-bond donors (Lipinski definition) is 2. The Morgan fingerprint density at radius 3 is 2.76 bits per heavy atom. The van der Waals surface area contributed by atoms with Crippen molar-refractivity contribution in [1.82, 2.24) is 9.97 Å².